The highest BCUT2D eigenvalue weighted by atomic mass is 16.5. The van der Waals surface area contributed by atoms with Crippen LogP contribution in [0.25, 0.3) is 27.8 Å². The Morgan fingerprint density at radius 1 is 0.821 bits per heavy atom. The quantitative estimate of drug-likeness (QED) is 0.307. The average Bonchev–Trinajstić information content (AvgIpc) is 3.41. The molecular weight excluding hydrogens is 490 g/mol. The maximum atomic E-state index is 12.9. The number of piperazine rings is 1. The molecule has 0 N–H and O–H groups in total. The molecule has 0 unspecified atom stereocenters. The average molecular weight is 520 g/mol. The zero-order valence-corrected chi connectivity index (χ0v) is 21.7. The van der Waals surface area contributed by atoms with E-state index < -0.39 is 0 Å². The summed E-state index contributed by atoms with van der Waals surface area (Å²) in [4.78, 5) is 26.5. The van der Waals surface area contributed by atoms with E-state index in [0.717, 1.165) is 33.7 Å². The van der Waals surface area contributed by atoms with Crippen LogP contribution in [0.15, 0.2) is 97.5 Å². The molecule has 5 aromatic rings. The fourth-order valence-corrected chi connectivity index (χ4v) is 5.04. The van der Waals surface area contributed by atoms with E-state index in [0.29, 0.717) is 37.7 Å². The molecule has 1 saturated heterocycles. The van der Waals surface area contributed by atoms with Crippen molar-refractivity contribution in [3.05, 3.63) is 97.5 Å². The summed E-state index contributed by atoms with van der Waals surface area (Å²) in [6.07, 6.45) is 3.77. The Kier molecular flexibility index (Phi) is 6.82. The Balaban J connectivity index is 1.25. The summed E-state index contributed by atoms with van der Waals surface area (Å²) in [5.41, 5.74) is 4.08. The van der Waals surface area contributed by atoms with E-state index in [-0.39, 0.29) is 12.5 Å². The molecule has 0 spiro atoms. The van der Waals surface area contributed by atoms with Crippen molar-refractivity contribution in [3.8, 4) is 28.3 Å². The van der Waals surface area contributed by atoms with Crippen LogP contribution in [0.1, 0.15) is 0 Å². The molecule has 2 aromatic heterocycles. The van der Waals surface area contributed by atoms with E-state index >= 15 is 0 Å². The van der Waals surface area contributed by atoms with Gasteiger partial charge in [-0.25, -0.2) is 9.97 Å². The van der Waals surface area contributed by atoms with Gasteiger partial charge in [0.25, 0.3) is 5.91 Å². The van der Waals surface area contributed by atoms with E-state index in [9.17, 15) is 4.79 Å². The number of aromatic nitrogens is 3. The zero-order valence-electron chi connectivity index (χ0n) is 21.7. The maximum Gasteiger partial charge on any atom is 0.260 e. The summed E-state index contributed by atoms with van der Waals surface area (Å²) in [7, 11) is 1.59. The molecule has 0 aliphatic carbocycles. The van der Waals surface area contributed by atoms with E-state index in [2.05, 4.69) is 39.9 Å². The Morgan fingerprint density at radius 3 is 2.21 bits per heavy atom. The van der Waals surface area contributed by atoms with Crippen LogP contribution in [-0.4, -0.2) is 65.2 Å². The minimum Gasteiger partial charge on any atom is -0.493 e. The normalized spacial score (nSPS) is 13.5. The van der Waals surface area contributed by atoms with Gasteiger partial charge in [-0.3, -0.25) is 4.79 Å². The first-order chi connectivity index (χ1) is 19.2. The van der Waals surface area contributed by atoms with Gasteiger partial charge in [0.15, 0.2) is 23.8 Å². The van der Waals surface area contributed by atoms with Crippen LogP contribution < -0.4 is 14.4 Å². The third-order valence-electron chi connectivity index (χ3n) is 7.03. The van der Waals surface area contributed by atoms with Crippen molar-refractivity contribution in [1.82, 2.24) is 19.4 Å². The Labute approximate surface area is 227 Å². The highest BCUT2D eigenvalue weighted by Crippen LogP contribution is 2.37. The molecule has 1 fully saturated rings. The fraction of sp³-hybridized carbons (Fsp3) is 0.194. The van der Waals surface area contributed by atoms with Crippen LogP contribution in [-0.2, 0) is 4.79 Å². The number of anilines is 1. The highest BCUT2D eigenvalue weighted by Gasteiger charge is 2.26. The number of nitrogens with zero attached hydrogens (tertiary/aromatic N) is 5. The van der Waals surface area contributed by atoms with Crippen LogP contribution in [0.4, 0.5) is 5.82 Å². The smallest absolute Gasteiger partial charge is 0.260 e. The first-order valence-corrected chi connectivity index (χ1v) is 13.0. The number of amides is 1. The lowest BCUT2D eigenvalue weighted by Crippen LogP contribution is -2.50. The summed E-state index contributed by atoms with van der Waals surface area (Å²) in [5.74, 6) is 2.01. The van der Waals surface area contributed by atoms with Gasteiger partial charge in [-0.15, -0.1) is 0 Å². The summed E-state index contributed by atoms with van der Waals surface area (Å²) < 4.78 is 13.2. The molecule has 0 saturated carbocycles. The first kappa shape index (κ1) is 24.5. The van der Waals surface area contributed by atoms with Crippen molar-refractivity contribution in [2.45, 2.75) is 0 Å². The monoisotopic (exact) mass is 519 g/mol. The summed E-state index contributed by atoms with van der Waals surface area (Å²) in [5, 5.41) is 1.01. The number of methoxy groups -OCH3 is 1. The minimum atomic E-state index is -0.0476. The maximum absolute atomic E-state index is 12.9. The van der Waals surface area contributed by atoms with Gasteiger partial charge in [-0.05, 0) is 29.8 Å². The molecule has 8 heteroatoms. The van der Waals surface area contributed by atoms with Crippen molar-refractivity contribution < 1.29 is 14.3 Å². The predicted molar refractivity (Wildman–Crippen MR) is 152 cm³/mol. The molecule has 1 amide bonds. The number of ether oxygens (including phenoxy) is 2. The third-order valence-corrected chi connectivity index (χ3v) is 7.03. The van der Waals surface area contributed by atoms with Gasteiger partial charge in [0.1, 0.15) is 12.1 Å². The van der Waals surface area contributed by atoms with Gasteiger partial charge >= 0.3 is 0 Å². The Bertz CT molecular complexity index is 1580. The minimum absolute atomic E-state index is 0.0315. The largest absolute Gasteiger partial charge is 0.493 e. The van der Waals surface area contributed by atoms with Crippen molar-refractivity contribution in [2.75, 3.05) is 44.8 Å². The van der Waals surface area contributed by atoms with Crippen LogP contribution in [0.3, 0.4) is 0 Å². The van der Waals surface area contributed by atoms with Gasteiger partial charge in [-0.1, -0.05) is 60.7 Å². The summed E-state index contributed by atoms with van der Waals surface area (Å²) >= 11 is 0. The molecule has 1 aliphatic rings. The highest BCUT2D eigenvalue weighted by molar-refractivity contribution is 6.02. The number of hydrogen-bond donors (Lipinski definition) is 0. The summed E-state index contributed by atoms with van der Waals surface area (Å²) in [6.45, 7) is 2.46. The molecule has 8 nitrogen and oxygen atoms in total. The number of carbonyl (C=O) groups is 1. The van der Waals surface area contributed by atoms with E-state index in [1.54, 1.807) is 19.5 Å². The number of fused-ring (bicyclic) bond motifs is 1. The number of carbonyl (C=O) groups excluding carboxylic acids is 1. The number of benzene rings is 3. The molecular formula is C31H29N5O3. The molecule has 196 valence electrons. The zero-order chi connectivity index (χ0) is 26.6. The van der Waals surface area contributed by atoms with Crippen LogP contribution >= 0.6 is 0 Å². The standard InChI is InChI=1S/C31H29N5O3/c1-38-26-14-8-9-15-27(26)39-21-28(37)34-16-18-35(19-17-34)30-29-25(23-10-4-2-5-11-23)20-36(31(29)33-22-32-30)24-12-6-3-7-13-24/h2-15,20,22H,16-19,21H2,1H3. The van der Waals surface area contributed by atoms with Crippen molar-refractivity contribution in [1.29, 1.82) is 0 Å². The SMILES string of the molecule is COc1ccccc1OCC(=O)N1CCN(c2ncnc3c2c(-c2ccccc2)cn3-c2ccccc2)CC1. The lowest BCUT2D eigenvalue weighted by Gasteiger charge is -2.35. The van der Waals surface area contributed by atoms with E-state index in [1.165, 1.54) is 0 Å². The van der Waals surface area contributed by atoms with Gasteiger partial charge in [0, 0.05) is 43.6 Å². The molecule has 0 atom stereocenters. The number of hydrogen-bond acceptors (Lipinski definition) is 6. The van der Waals surface area contributed by atoms with Crippen LogP contribution in [0.5, 0.6) is 11.5 Å². The van der Waals surface area contributed by atoms with E-state index in [1.807, 2.05) is 59.5 Å². The molecule has 0 radical (unpaired) electrons. The third kappa shape index (κ3) is 4.88. The van der Waals surface area contributed by atoms with Crippen LogP contribution in [0, 0.1) is 0 Å². The molecule has 1 aliphatic heterocycles. The predicted octanol–water partition coefficient (Wildman–Crippen LogP) is 4.82. The molecule has 39 heavy (non-hydrogen) atoms. The molecule has 0 bridgehead atoms. The summed E-state index contributed by atoms with van der Waals surface area (Å²) in [6, 6.07) is 27.9. The van der Waals surface area contributed by atoms with Crippen molar-refractivity contribution in [2.24, 2.45) is 0 Å². The van der Waals surface area contributed by atoms with Gasteiger partial charge in [-0.2, -0.15) is 0 Å². The van der Waals surface area contributed by atoms with Crippen molar-refractivity contribution in [3.63, 3.8) is 0 Å². The van der Waals surface area contributed by atoms with Gasteiger partial charge in [0.05, 0.1) is 12.5 Å². The van der Waals surface area contributed by atoms with Gasteiger partial charge < -0.3 is 23.8 Å². The lowest BCUT2D eigenvalue weighted by molar-refractivity contribution is -0.133. The molecule has 3 aromatic carbocycles. The first-order valence-electron chi connectivity index (χ1n) is 13.0. The fourth-order valence-electron chi connectivity index (χ4n) is 5.04. The topological polar surface area (TPSA) is 72.7 Å². The van der Waals surface area contributed by atoms with Crippen molar-refractivity contribution >= 4 is 22.8 Å². The number of rotatable bonds is 7. The second kappa shape index (κ2) is 10.9. The molecule has 3 heterocycles. The number of para-hydroxylation sites is 3. The second-order valence-electron chi connectivity index (χ2n) is 9.32. The van der Waals surface area contributed by atoms with Gasteiger partial charge in [0.2, 0.25) is 0 Å². The van der Waals surface area contributed by atoms with E-state index in [4.69, 9.17) is 19.4 Å². The Hall–Kier alpha value is -4.85. The van der Waals surface area contributed by atoms with Crippen LogP contribution in [0.2, 0.25) is 0 Å². The lowest BCUT2D eigenvalue weighted by atomic mass is 10.1. The Morgan fingerprint density at radius 2 is 1.49 bits per heavy atom. The second-order valence-corrected chi connectivity index (χ2v) is 9.32. The molecule has 6 rings (SSSR count).